The van der Waals surface area contributed by atoms with Crippen LogP contribution in [0.1, 0.15) is 16.6 Å². The Bertz CT molecular complexity index is 828. The summed E-state index contributed by atoms with van der Waals surface area (Å²) in [6.45, 7) is 2.50. The van der Waals surface area contributed by atoms with Crippen LogP contribution in [0, 0.1) is 0 Å². The Balaban J connectivity index is 1.87. The lowest BCUT2D eigenvalue weighted by Gasteiger charge is -2.07. The summed E-state index contributed by atoms with van der Waals surface area (Å²) in [5.74, 6) is 0.516. The zero-order chi connectivity index (χ0) is 15.5. The maximum atomic E-state index is 12.4. The van der Waals surface area contributed by atoms with Gasteiger partial charge in [-0.05, 0) is 25.1 Å². The van der Waals surface area contributed by atoms with E-state index in [1.54, 1.807) is 6.07 Å². The van der Waals surface area contributed by atoms with Crippen molar-refractivity contribution in [3.05, 3.63) is 58.4 Å². The Kier molecular flexibility index (Phi) is 4.32. The van der Waals surface area contributed by atoms with Crippen molar-refractivity contribution in [3.63, 3.8) is 0 Å². The average Bonchev–Trinajstić information content (AvgIpc) is 2.86. The van der Waals surface area contributed by atoms with E-state index in [4.69, 9.17) is 16.3 Å². The third-order valence-electron chi connectivity index (χ3n) is 3.14. The number of rotatable bonds is 4. The van der Waals surface area contributed by atoms with Crippen LogP contribution < -0.4 is 10.1 Å². The summed E-state index contributed by atoms with van der Waals surface area (Å²) < 4.78 is 6.43. The third kappa shape index (κ3) is 2.93. The predicted molar refractivity (Wildman–Crippen MR) is 92.4 cm³/mol. The van der Waals surface area contributed by atoms with Crippen molar-refractivity contribution in [3.8, 4) is 5.75 Å². The number of halogens is 1. The van der Waals surface area contributed by atoms with E-state index in [0.29, 0.717) is 22.2 Å². The van der Waals surface area contributed by atoms with Crippen LogP contribution in [0.2, 0.25) is 5.02 Å². The summed E-state index contributed by atoms with van der Waals surface area (Å²) in [4.78, 5) is 13.0. The van der Waals surface area contributed by atoms with Crippen LogP contribution in [0.4, 0.5) is 5.69 Å². The number of fused-ring (bicyclic) bond motifs is 1. The van der Waals surface area contributed by atoms with Crippen LogP contribution in [0.5, 0.6) is 5.75 Å². The van der Waals surface area contributed by atoms with E-state index in [0.717, 1.165) is 15.8 Å². The molecular weight excluding hydrogens is 318 g/mol. The molecule has 0 fully saturated rings. The van der Waals surface area contributed by atoms with Crippen molar-refractivity contribution in [2.75, 3.05) is 11.9 Å². The number of ether oxygens (including phenoxy) is 1. The lowest BCUT2D eigenvalue weighted by atomic mass is 10.2. The molecule has 1 N–H and O–H groups in total. The molecule has 2 aromatic carbocycles. The number of carbonyl (C=O) groups is 1. The second-order valence-electron chi connectivity index (χ2n) is 4.66. The molecule has 1 heterocycles. The first-order valence-corrected chi connectivity index (χ1v) is 8.09. The largest absolute Gasteiger partial charge is 0.494 e. The quantitative estimate of drug-likeness (QED) is 0.713. The summed E-state index contributed by atoms with van der Waals surface area (Å²) in [6, 6.07) is 15.0. The summed E-state index contributed by atoms with van der Waals surface area (Å²) in [7, 11) is 0. The number of hydrogen-bond acceptors (Lipinski definition) is 3. The molecule has 0 aliphatic heterocycles. The van der Waals surface area contributed by atoms with Crippen LogP contribution in [-0.2, 0) is 0 Å². The Morgan fingerprint density at radius 3 is 2.82 bits per heavy atom. The molecular formula is C17H14ClNO2S. The van der Waals surface area contributed by atoms with E-state index in [9.17, 15) is 4.79 Å². The van der Waals surface area contributed by atoms with Gasteiger partial charge >= 0.3 is 0 Å². The third-order valence-corrected chi connectivity index (χ3v) is 4.82. The average molecular weight is 332 g/mol. The number of benzene rings is 2. The van der Waals surface area contributed by atoms with E-state index >= 15 is 0 Å². The smallest absolute Gasteiger partial charge is 0.267 e. The molecule has 0 bridgehead atoms. The molecule has 0 aliphatic rings. The fourth-order valence-corrected chi connectivity index (χ4v) is 3.59. The highest BCUT2D eigenvalue weighted by atomic mass is 35.5. The van der Waals surface area contributed by atoms with E-state index in [-0.39, 0.29) is 5.91 Å². The van der Waals surface area contributed by atoms with Gasteiger partial charge in [-0.25, -0.2) is 0 Å². The highest BCUT2D eigenvalue weighted by molar-refractivity contribution is 7.21. The van der Waals surface area contributed by atoms with Gasteiger partial charge < -0.3 is 10.1 Å². The molecule has 1 aromatic heterocycles. The normalized spacial score (nSPS) is 10.6. The molecule has 3 nitrogen and oxygen atoms in total. The molecule has 0 atom stereocenters. The minimum absolute atomic E-state index is 0.208. The molecule has 0 saturated heterocycles. The zero-order valence-electron chi connectivity index (χ0n) is 11.9. The molecule has 112 valence electrons. The summed E-state index contributed by atoms with van der Waals surface area (Å²) in [5, 5.41) is 4.27. The van der Waals surface area contributed by atoms with E-state index in [1.165, 1.54) is 11.3 Å². The Labute approximate surface area is 137 Å². The first kappa shape index (κ1) is 14.9. The van der Waals surface area contributed by atoms with Crippen molar-refractivity contribution in [2.24, 2.45) is 0 Å². The van der Waals surface area contributed by atoms with Gasteiger partial charge in [0.1, 0.15) is 10.6 Å². The monoisotopic (exact) mass is 331 g/mol. The van der Waals surface area contributed by atoms with E-state index < -0.39 is 0 Å². The van der Waals surface area contributed by atoms with Gasteiger partial charge in [-0.1, -0.05) is 35.9 Å². The number of hydrogen-bond donors (Lipinski definition) is 1. The van der Waals surface area contributed by atoms with Crippen molar-refractivity contribution in [1.82, 2.24) is 0 Å². The van der Waals surface area contributed by atoms with Gasteiger partial charge in [0, 0.05) is 21.8 Å². The molecule has 5 heteroatoms. The highest BCUT2D eigenvalue weighted by Gasteiger charge is 2.17. The maximum Gasteiger partial charge on any atom is 0.267 e. The molecule has 0 spiro atoms. The van der Waals surface area contributed by atoms with Crippen molar-refractivity contribution in [1.29, 1.82) is 0 Å². The lowest BCUT2D eigenvalue weighted by Crippen LogP contribution is -2.10. The van der Waals surface area contributed by atoms with Crippen LogP contribution in [0.3, 0.4) is 0 Å². The molecule has 0 aliphatic carbocycles. The van der Waals surface area contributed by atoms with Crippen molar-refractivity contribution < 1.29 is 9.53 Å². The van der Waals surface area contributed by atoms with Crippen LogP contribution in [-0.4, -0.2) is 12.5 Å². The highest BCUT2D eigenvalue weighted by Crippen LogP contribution is 2.35. The SMILES string of the molecule is CCOc1cccc(NC(=O)c2sc3ccccc3c2Cl)c1. The first-order chi connectivity index (χ1) is 10.7. The van der Waals surface area contributed by atoms with E-state index in [1.807, 2.05) is 49.4 Å². The number of nitrogens with one attached hydrogen (secondary N) is 1. The van der Waals surface area contributed by atoms with Gasteiger partial charge in [-0.2, -0.15) is 0 Å². The van der Waals surface area contributed by atoms with Crippen LogP contribution in [0.25, 0.3) is 10.1 Å². The predicted octanol–water partition coefficient (Wildman–Crippen LogP) is 5.21. The second-order valence-corrected chi connectivity index (χ2v) is 6.09. The Hall–Kier alpha value is -2.04. The van der Waals surface area contributed by atoms with Crippen LogP contribution in [0.15, 0.2) is 48.5 Å². The van der Waals surface area contributed by atoms with Gasteiger partial charge in [0.25, 0.3) is 5.91 Å². The molecule has 3 rings (SSSR count). The van der Waals surface area contributed by atoms with Gasteiger partial charge in [0.05, 0.1) is 11.6 Å². The van der Waals surface area contributed by atoms with Crippen molar-refractivity contribution >= 4 is 44.6 Å². The minimum Gasteiger partial charge on any atom is -0.494 e. The van der Waals surface area contributed by atoms with Gasteiger partial charge in [0.2, 0.25) is 0 Å². The standard InChI is InChI=1S/C17H14ClNO2S/c1-2-21-12-7-5-6-11(10-12)19-17(20)16-15(18)13-8-3-4-9-14(13)22-16/h3-10H,2H2,1H3,(H,19,20). The molecule has 3 aromatic rings. The second kappa shape index (κ2) is 6.38. The fraction of sp³-hybridized carbons (Fsp3) is 0.118. The summed E-state index contributed by atoms with van der Waals surface area (Å²) in [5.41, 5.74) is 0.685. The van der Waals surface area contributed by atoms with E-state index in [2.05, 4.69) is 5.32 Å². The first-order valence-electron chi connectivity index (χ1n) is 6.90. The van der Waals surface area contributed by atoms with Crippen molar-refractivity contribution in [2.45, 2.75) is 6.92 Å². The Morgan fingerprint density at radius 1 is 1.23 bits per heavy atom. The number of thiophene rings is 1. The molecule has 22 heavy (non-hydrogen) atoms. The van der Waals surface area contributed by atoms with Crippen LogP contribution >= 0.6 is 22.9 Å². The maximum absolute atomic E-state index is 12.4. The van der Waals surface area contributed by atoms with Gasteiger partial charge in [-0.3, -0.25) is 4.79 Å². The lowest BCUT2D eigenvalue weighted by molar-refractivity contribution is 0.103. The molecule has 0 radical (unpaired) electrons. The number of carbonyl (C=O) groups excluding carboxylic acids is 1. The fourth-order valence-electron chi connectivity index (χ4n) is 2.18. The zero-order valence-corrected chi connectivity index (χ0v) is 13.5. The molecule has 0 unspecified atom stereocenters. The minimum atomic E-state index is -0.208. The summed E-state index contributed by atoms with van der Waals surface area (Å²) >= 11 is 7.71. The number of anilines is 1. The topological polar surface area (TPSA) is 38.3 Å². The summed E-state index contributed by atoms with van der Waals surface area (Å²) in [6.07, 6.45) is 0. The Morgan fingerprint density at radius 2 is 2.05 bits per heavy atom. The molecule has 1 amide bonds. The van der Waals surface area contributed by atoms with Gasteiger partial charge in [0.15, 0.2) is 0 Å². The van der Waals surface area contributed by atoms with Gasteiger partial charge in [-0.15, -0.1) is 11.3 Å². The number of amides is 1. The molecule has 0 saturated carbocycles.